The Balaban J connectivity index is 1.31. The Kier molecular flexibility index (Phi) is 4.94. The highest BCUT2D eigenvalue weighted by molar-refractivity contribution is 7.09. The summed E-state index contributed by atoms with van der Waals surface area (Å²) in [6, 6.07) is 7.77. The van der Waals surface area contributed by atoms with E-state index in [1.165, 1.54) is 17.8 Å². The molecule has 3 aromatic rings. The lowest BCUT2D eigenvalue weighted by Gasteiger charge is -2.09. The molecule has 1 N–H and O–H groups in total. The quantitative estimate of drug-likeness (QED) is 0.675. The number of aryl methyl sites for hydroxylation is 2. The van der Waals surface area contributed by atoms with Crippen LogP contribution in [0.4, 0.5) is 0 Å². The molecule has 0 bridgehead atoms. The molecule has 7 heteroatoms. The van der Waals surface area contributed by atoms with E-state index in [1.807, 2.05) is 31.4 Å². The van der Waals surface area contributed by atoms with E-state index in [0.29, 0.717) is 18.2 Å². The van der Waals surface area contributed by atoms with Crippen molar-refractivity contribution in [2.24, 2.45) is 0 Å². The first-order valence-electron chi connectivity index (χ1n) is 9.04. The van der Waals surface area contributed by atoms with Gasteiger partial charge in [0.1, 0.15) is 11.4 Å². The van der Waals surface area contributed by atoms with Crippen molar-refractivity contribution < 1.29 is 9.53 Å². The van der Waals surface area contributed by atoms with Crippen molar-refractivity contribution in [3.05, 3.63) is 63.4 Å². The first-order chi connectivity index (χ1) is 13.1. The maximum absolute atomic E-state index is 12.3. The van der Waals surface area contributed by atoms with Crippen LogP contribution < -0.4 is 10.1 Å². The number of thiazole rings is 1. The number of aromatic nitrogens is 3. The van der Waals surface area contributed by atoms with Gasteiger partial charge in [0, 0.05) is 17.5 Å². The van der Waals surface area contributed by atoms with Gasteiger partial charge in [0.25, 0.3) is 5.91 Å². The molecular formula is C20H22N4O2S. The molecule has 0 aliphatic heterocycles. The zero-order valence-corrected chi connectivity index (χ0v) is 16.3. The molecule has 0 radical (unpaired) electrons. The zero-order chi connectivity index (χ0) is 18.8. The summed E-state index contributed by atoms with van der Waals surface area (Å²) in [4.78, 5) is 16.9. The maximum atomic E-state index is 12.3. The Morgan fingerprint density at radius 3 is 3.00 bits per heavy atom. The third kappa shape index (κ3) is 4.36. The molecule has 0 unspecified atom stereocenters. The highest BCUT2D eigenvalue weighted by atomic mass is 32.1. The van der Waals surface area contributed by atoms with Crippen molar-refractivity contribution in [3.8, 4) is 5.75 Å². The van der Waals surface area contributed by atoms with Gasteiger partial charge in [-0.05, 0) is 49.9 Å². The predicted octanol–water partition coefficient (Wildman–Crippen LogP) is 3.80. The average molecular weight is 382 g/mol. The first kappa shape index (κ1) is 17.7. The normalized spacial score (nSPS) is 13.6. The number of nitrogens with one attached hydrogen (secondary N) is 1. The number of amides is 1. The molecule has 27 heavy (non-hydrogen) atoms. The Bertz CT molecular complexity index is 959. The summed E-state index contributed by atoms with van der Waals surface area (Å²) < 4.78 is 7.43. The fourth-order valence-corrected chi connectivity index (χ4v) is 3.73. The van der Waals surface area contributed by atoms with Crippen LogP contribution in [0.25, 0.3) is 0 Å². The summed E-state index contributed by atoms with van der Waals surface area (Å²) in [7, 11) is 0. The monoisotopic (exact) mass is 382 g/mol. The number of nitrogens with zero attached hydrogens (tertiary/aromatic N) is 3. The minimum Gasteiger partial charge on any atom is -0.471 e. The smallest absolute Gasteiger partial charge is 0.272 e. The Labute approximate surface area is 162 Å². The van der Waals surface area contributed by atoms with E-state index in [0.717, 1.165) is 22.6 Å². The van der Waals surface area contributed by atoms with E-state index >= 15 is 0 Å². The Morgan fingerprint density at radius 1 is 1.33 bits per heavy atom. The van der Waals surface area contributed by atoms with Crippen molar-refractivity contribution in [2.45, 2.75) is 45.9 Å². The molecule has 4 rings (SSSR count). The average Bonchev–Trinajstić information content (AvgIpc) is 3.21. The molecule has 1 fully saturated rings. The lowest BCUT2D eigenvalue weighted by atomic mass is 10.1. The molecule has 2 aromatic heterocycles. The summed E-state index contributed by atoms with van der Waals surface area (Å²) >= 11 is 1.68. The fraction of sp³-hybridized carbons (Fsp3) is 0.350. The first-order valence-corrected chi connectivity index (χ1v) is 9.92. The molecule has 1 aliphatic carbocycles. The predicted molar refractivity (Wildman–Crippen MR) is 104 cm³/mol. The van der Waals surface area contributed by atoms with E-state index in [2.05, 4.69) is 21.5 Å². The number of hydrogen-bond donors (Lipinski definition) is 1. The highest BCUT2D eigenvalue weighted by Crippen LogP contribution is 2.41. The van der Waals surface area contributed by atoms with E-state index in [-0.39, 0.29) is 12.6 Å². The summed E-state index contributed by atoms with van der Waals surface area (Å²) in [5, 5.41) is 10.4. The van der Waals surface area contributed by atoms with E-state index in [9.17, 15) is 4.79 Å². The number of rotatable bonds is 7. The topological polar surface area (TPSA) is 69.0 Å². The van der Waals surface area contributed by atoms with Crippen molar-refractivity contribution in [1.29, 1.82) is 0 Å². The van der Waals surface area contributed by atoms with E-state index in [1.54, 1.807) is 28.3 Å². The number of carbonyl (C=O) groups excluding carboxylic acids is 1. The van der Waals surface area contributed by atoms with Crippen LogP contribution in [0.3, 0.4) is 0 Å². The van der Waals surface area contributed by atoms with Gasteiger partial charge < -0.3 is 10.1 Å². The molecule has 0 saturated heterocycles. The van der Waals surface area contributed by atoms with Crippen molar-refractivity contribution in [3.63, 3.8) is 0 Å². The number of ether oxygens (including phenoxy) is 1. The molecule has 6 nitrogen and oxygen atoms in total. The van der Waals surface area contributed by atoms with Gasteiger partial charge in [-0.15, -0.1) is 11.3 Å². The van der Waals surface area contributed by atoms with Crippen LogP contribution in [0.2, 0.25) is 0 Å². The van der Waals surface area contributed by atoms with E-state index in [4.69, 9.17) is 4.74 Å². The maximum Gasteiger partial charge on any atom is 0.272 e. The van der Waals surface area contributed by atoms with Gasteiger partial charge in [-0.3, -0.25) is 4.79 Å². The van der Waals surface area contributed by atoms with Crippen LogP contribution in [0.15, 0.2) is 35.8 Å². The van der Waals surface area contributed by atoms with Gasteiger partial charge in [-0.1, -0.05) is 12.1 Å². The second-order valence-electron chi connectivity index (χ2n) is 6.92. The number of benzene rings is 1. The van der Waals surface area contributed by atoms with Crippen LogP contribution in [-0.2, 0) is 13.3 Å². The molecule has 1 aliphatic rings. The second-order valence-corrected chi connectivity index (χ2v) is 7.81. The zero-order valence-electron chi connectivity index (χ0n) is 15.4. The van der Waals surface area contributed by atoms with Gasteiger partial charge in [-0.2, -0.15) is 5.10 Å². The number of carbonyl (C=O) groups is 1. The Morgan fingerprint density at radius 2 is 2.19 bits per heavy atom. The lowest BCUT2D eigenvalue weighted by molar-refractivity contribution is 0.0943. The fourth-order valence-electron chi connectivity index (χ4n) is 2.74. The molecule has 1 amide bonds. The van der Waals surface area contributed by atoms with Gasteiger partial charge in [0.15, 0.2) is 6.73 Å². The molecule has 2 heterocycles. The molecule has 0 atom stereocenters. The van der Waals surface area contributed by atoms with Crippen molar-refractivity contribution in [1.82, 2.24) is 20.1 Å². The molecular weight excluding hydrogens is 360 g/mol. The third-order valence-electron chi connectivity index (χ3n) is 4.50. The van der Waals surface area contributed by atoms with Crippen molar-refractivity contribution in [2.75, 3.05) is 0 Å². The Hall–Kier alpha value is -2.67. The lowest BCUT2D eigenvalue weighted by Crippen LogP contribution is -2.23. The van der Waals surface area contributed by atoms with Crippen LogP contribution in [-0.4, -0.2) is 20.7 Å². The minimum absolute atomic E-state index is 0.207. The molecule has 1 saturated carbocycles. The second kappa shape index (κ2) is 7.52. The van der Waals surface area contributed by atoms with Crippen molar-refractivity contribution >= 4 is 17.2 Å². The SMILES string of the molecule is Cc1ccc(C)c(OCn2ccc(C(=O)NCc3csc(C4CC4)n3)n2)c1. The molecule has 1 aromatic carbocycles. The third-order valence-corrected chi connectivity index (χ3v) is 5.55. The van der Waals surface area contributed by atoms with Gasteiger partial charge in [-0.25, -0.2) is 9.67 Å². The highest BCUT2D eigenvalue weighted by Gasteiger charge is 2.26. The van der Waals surface area contributed by atoms with Crippen LogP contribution >= 0.6 is 11.3 Å². The largest absolute Gasteiger partial charge is 0.471 e. The molecule has 0 spiro atoms. The summed E-state index contributed by atoms with van der Waals surface area (Å²) in [5.74, 6) is 1.26. The van der Waals surface area contributed by atoms with Crippen LogP contribution in [0.1, 0.15) is 51.1 Å². The number of hydrogen-bond acceptors (Lipinski definition) is 5. The summed E-state index contributed by atoms with van der Waals surface area (Å²) in [6.45, 7) is 4.71. The minimum atomic E-state index is -0.207. The molecule has 140 valence electrons. The van der Waals surface area contributed by atoms with Crippen LogP contribution in [0, 0.1) is 13.8 Å². The van der Waals surface area contributed by atoms with Crippen LogP contribution in [0.5, 0.6) is 5.75 Å². The summed E-state index contributed by atoms with van der Waals surface area (Å²) in [6.07, 6.45) is 4.22. The van der Waals surface area contributed by atoms with Gasteiger partial charge in [0.05, 0.1) is 17.2 Å². The van der Waals surface area contributed by atoms with E-state index < -0.39 is 0 Å². The van der Waals surface area contributed by atoms with Gasteiger partial charge >= 0.3 is 0 Å². The summed E-state index contributed by atoms with van der Waals surface area (Å²) in [5.41, 5.74) is 3.49. The van der Waals surface area contributed by atoms with Gasteiger partial charge in [0.2, 0.25) is 0 Å². The standard InChI is InChI=1S/C20H22N4O2S/c1-13-3-4-14(2)18(9-13)26-12-24-8-7-17(23-24)19(25)21-10-16-11-27-20(22-16)15-5-6-15/h3-4,7-9,11,15H,5-6,10,12H2,1-2H3,(H,21,25).